The maximum absolute atomic E-state index is 12.0. The van der Waals surface area contributed by atoms with Crippen LogP contribution in [-0.4, -0.2) is 21.1 Å². The van der Waals surface area contributed by atoms with Crippen LogP contribution >= 0.6 is 0 Å². The van der Waals surface area contributed by atoms with Gasteiger partial charge in [0.05, 0.1) is 18.2 Å². The van der Waals surface area contributed by atoms with E-state index in [1.54, 1.807) is 12.3 Å². The van der Waals surface area contributed by atoms with Crippen molar-refractivity contribution in [2.24, 2.45) is 0 Å². The van der Waals surface area contributed by atoms with Crippen LogP contribution in [0.5, 0.6) is 0 Å². The Hall–Kier alpha value is -2.70. The Morgan fingerprint density at radius 3 is 2.81 bits per heavy atom. The van der Waals surface area contributed by atoms with Gasteiger partial charge in [-0.15, -0.1) is 0 Å². The van der Waals surface area contributed by atoms with Crippen LogP contribution < -0.4 is 16.4 Å². The Kier molecular flexibility index (Phi) is 4.65. The van der Waals surface area contributed by atoms with E-state index in [-0.39, 0.29) is 23.9 Å². The number of pyridine rings is 1. The van der Waals surface area contributed by atoms with E-state index >= 15 is 0 Å². The molecule has 2 rings (SSSR count). The first-order valence-electron chi connectivity index (χ1n) is 6.61. The molecule has 0 saturated heterocycles. The average molecular weight is 288 g/mol. The highest BCUT2D eigenvalue weighted by molar-refractivity contribution is 5.78. The second-order valence-electron chi connectivity index (χ2n) is 4.57. The monoisotopic (exact) mass is 288 g/mol. The van der Waals surface area contributed by atoms with E-state index in [2.05, 4.69) is 20.5 Å². The minimum Gasteiger partial charge on any atom is -0.347 e. The zero-order valence-electron chi connectivity index (χ0n) is 11.6. The zero-order valence-corrected chi connectivity index (χ0v) is 11.6. The minimum atomic E-state index is -0.476. The van der Waals surface area contributed by atoms with Crippen molar-refractivity contribution in [1.82, 2.24) is 20.5 Å². The molecule has 1 unspecified atom stereocenters. The van der Waals surface area contributed by atoms with Crippen molar-refractivity contribution in [2.45, 2.75) is 25.8 Å². The Bertz CT molecular complexity index is 721. The maximum atomic E-state index is 12.0. The van der Waals surface area contributed by atoms with Crippen LogP contribution in [0.1, 0.15) is 30.6 Å². The number of carbonyl (C=O) groups is 1. The van der Waals surface area contributed by atoms with Gasteiger partial charge >= 0.3 is 0 Å². The van der Waals surface area contributed by atoms with E-state index in [4.69, 9.17) is 0 Å². The highest BCUT2D eigenvalue weighted by Gasteiger charge is 2.15. The van der Waals surface area contributed by atoms with Gasteiger partial charge in [-0.25, -0.2) is 0 Å². The van der Waals surface area contributed by atoms with Crippen molar-refractivity contribution in [1.29, 1.82) is 0 Å². The molecular weight excluding hydrogens is 272 g/mol. The summed E-state index contributed by atoms with van der Waals surface area (Å²) in [6, 6.07) is 6.38. The zero-order chi connectivity index (χ0) is 15.2. The maximum Gasteiger partial charge on any atom is 0.266 e. The molecule has 110 valence electrons. The van der Waals surface area contributed by atoms with Gasteiger partial charge in [0.15, 0.2) is 0 Å². The summed E-state index contributed by atoms with van der Waals surface area (Å²) < 4.78 is 0. The summed E-state index contributed by atoms with van der Waals surface area (Å²) in [6.07, 6.45) is 2.18. The molecule has 0 aromatic carbocycles. The molecule has 2 heterocycles. The van der Waals surface area contributed by atoms with E-state index in [1.165, 1.54) is 0 Å². The molecule has 0 bridgehead atoms. The van der Waals surface area contributed by atoms with E-state index in [0.717, 1.165) is 11.8 Å². The number of nitrogens with one attached hydrogen (secondary N) is 3. The van der Waals surface area contributed by atoms with Gasteiger partial charge in [0.2, 0.25) is 5.91 Å². The van der Waals surface area contributed by atoms with Crippen LogP contribution in [0.4, 0.5) is 0 Å². The van der Waals surface area contributed by atoms with E-state index in [1.807, 2.05) is 19.1 Å². The number of rotatable bonds is 5. The number of H-pyrrole nitrogens is 2. The smallest absolute Gasteiger partial charge is 0.266 e. The fraction of sp³-hybridized carbons (Fsp3) is 0.286. The van der Waals surface area contributed by atoms with Crippen molar-refractivity contribution >= 4 is 5.91 Å². The lowest BCUT2D eigenvalue weighted by Gasteiger charge is -2.16. The van der Waals surface area contributed by atoms with Gasteiger partial charge in [0, 0.05) is 17.8 Å². The molecule has 1 amide bonds. The molecule has 7 nitrogen and oxygen atoms in total. The third kappa shape index (κ3) is 3.88. The molecule has 0 aliphatic rings. The summed E-state index contributed by atoms with van der Waals surface area (Å²) in [4.78, 5) is 38.9. The van der Waals surface area contributed by atoms with Crippen molar-refractivity contribution < 1.29 is 4.79 Å². The fourth-order valence-electron chi connectivity index (χ4n) is 1.98. The summed E-state index contributed by atoms with van der Waals surface area (Å²) in [5.74, 6) is -0.330. The summed E-state index contributed by atoms with van der Waals surface area (Å²) in [7, 11) is 0. The second-order valence-corrected chi connectivity index (χ2v) is 4.57. The lowest BCUT2D eigenvalue weighted by atomic mass is 10.1. The minimum absolute atomic E-state index is 0.132. The Morgan fingerprint density at radius 1 is 1.33 bits per heavy atom. The van der Waals surface area contributed by atoms with Crippen LogP contribution in [0.25, 0.3) is 0 Å². The van der Waals surface area contributed by atoms with Crippen molar-refractivity contribution in [3.05, 3.63) is 62.4 Å². The number of aromatic amines is 2. The highest BCUT2D eigenvalue weighted by atomic mass is 16.2. The third-order valence-corrected chi connectivity index (χ3v) is 3.04. The van der Waals surface area contributed by atoms with Gasteiger partial charge in [0.25, 0.3) is 11.1 Å². The van der Waals surface area contributed by atoms with Crippen molar-refractivity contribution in [3.8, 4) is 0 Å². The number of hydrogen-bond donors (Lipinski definition) is 3. The average Bonchev–Trinajstić information content (AvgIpc) is 2.49. The Morgan fingerprint density at radius 2 is 2.14 bits per heavy atom. The fourth-order valence-corrected chi connectivity index (χ4v) is 1.98. The number of hydrogen-bond acceptors (Lipinski definition) is 4. The molecule has 7 heteroatoms. The molecule has 0 saturated carbocycles. The van der Waals surface area contributed by atoms with Crippen LogP contribution in [-0.2, 0) is 11.2 Å². The topological polar surface area (TPSA) is 108 Å². The quantitative estimate of drug-likeness (QED) is 0.733. The highest BCUT2D eigenvalue weighted by Crippen LogP contribution is 2.13. The Balaban J connectivity index is 2.09. The van der Waals surface area contributed by atoms with Crippen LogP contribution in [0.15, 0.2) is 40.1 Å². The van der Waals surface area contributed by atoms with Gasteiger partial charge in [-0.05, 0) is 18.6 Å². The molecule has 0 radical (unpaired) electrons. The molecular formula is C14H16N4O3. The summed E-state index contributed by atoms with van der Waals surface area (Å²) >= 11 is 0. The van der Waals surface area contributed by atoms with E-state index in [0.29, 0.717) is 6.42 Å². The number of amides is 1. The van der Waals surface area contributed by atoms with Gasteiger partial charge < -0.3 is 5.32 Å². The molecule has 1 atom stereocenters. The predicted octanol–water partition coefficient (Wildman–Crippen LogP) is 0.268. The lowest BCUT2D eigenvalue weighted by molar-refractivity contribution is -0.121. The number of nitrogens with zero attached hydrogens (tertiary/aromatic N) is 1. The first kappa shape index (κ1) is 14.7. The molecule has 2 aromatic heterocycles. The summed E-state index contributed by atoms with van der Waals surface area (Å²) in [6.45, 7) is 1.93. The van der Waals surface area contributed by atoms with E-state index in [9.17, 15) is 14.4 Å². The van der Waals surface area contributed by atoms with Gasteiger partial charge in [-0.2, -0.15) is 0 Å². The summed E-state index contributed by atoms with van der Waals surface area (Å²) in [5.41, 5.74) is -0.0369. The molecule has 2 aromatic rings. The number of carbonyl (C=O) groups excluding carboxylic acids is 1. The molecule has 0 aliphatic carbocycles. The normalized spacial score (nSPS) is 11.9. The third-order valence-electron chi connectivity index (χ3n) is 3.04. The number of aromatic nitrogens is 3. The second kappa shape index (κ2) is 6.65. The lowest BCUT2D eigenvalue weighted by Crippen LogP contribution is -2.32. The molecule has 0 fully saturated rings. The molecule has 0 spiro atoms. The van der Waals surface area contributed by atoms with Crippen LogP contribution in [0.2, 0.25) is 0 Å². The van der Waals surface area contributed by atoms with Gasteiger partial charge in [-0.1, -0.05) is 13.0 Å². The molecule has 21 heavy (non-hydrogen) atoms. The van der Waals surface area contributed by atoms with Crippen molar-refractivity contribution in [3.63, 3.8) is 0 Å². The molecule has 3 N–H and O–H groups in total. The van der Waals surface area contributed by atoms with Gasteiger partial charge in [0.1, 0.15) is 0 Å². The standard InChI is InChI=1S/C14H16N4O3/c1-2-10(11-5-3-4-6-15-11)16-12(19)7-9-8-13(20)17-18-14(9)21/h3-6,8,10H,2,7H2,1H3,(H,16,19)(H,17,20)(H,18,21). The molecule has 0 aliphatic heterocycles. The van der Waals surface area contributed by atoms with Crippen LogP contribution in [0, 0.1) is 0 Å². The SMILES string of the molecule is CCC(NC(=O)Cc1cc(=O)[nH][nH]c1=O)c1ccccn1. The van der Waals surface area contributed by atoms with Crippen molar-refractivity contribution in [2.75, 3.05) is 0 Å². The Labute approximate surface area is 120 Å². The predicted molar refractivity (Wildman–Crippen MR) is 76.8 cm³/mol. The van der Waals surface area contributed by atoms with Crippen LogP contribution in [0.3, 0.4) is 0 Å². The van der Waals surface area contributed by atoms with Gasteiger partial charge in [-0.3, -0.25) is 29.6 Å². The first-order chi connectivity index (χ1) is 10.1. The van der Waals surface area contributed by atoms with E-state index < -0.39 is 11.1 Å². The summed E-state index contributed by atoms with van der Waals surface area (Å²) in [5, 5.41) is 7.16. The largest absolute Gasteiger partial charge is 0.347 e. The first-order valence-corrected chi connectivity index (χ1v) is 6.61.